The molecule has 0 saturated heterocycles. The maximum absolute atomic E-state index is 16.0. The molecular weight excluding hydrogens is 757 g/mol. The van der Waals surface area contributed by atoms with Gasteiger partial charge in [0.05, 0.1) is 20.6 Å². The zero-order chi connectivity index (χ0) is 40.9. The van der Waals surface area contributed by atoms with E-state index in [-0.39, 0.29) is 18.7 Å². The van der Waals surface area contributed by atoms with Crippen molar-refractivity contribution in [3.8, 4) is 17.2 Å². The van der Waals surface area contributed by atoms with Crippen LogP contribution >= 0.6 is 0 Å². The monoisotopic (exact) mass is 802 g/mol. The second-order valence-corrected chi connectivity index (χ2v) is 13.9. The lowest BCUT2D eigenvalue weighted by atomic mass is 10.0. The minimum Gasteiger partial charge on any atom is -0.484 e. The molecule has 0 amide bonds. The van der Waals surface area contributed by atoms with Gasteiger partial charge in [0.25, 0.3) is 0 Å². The van der Waals surface area contributed by atoms with Crippen LogP contribution in [0.25, 0.3) is 0 Å². The lowest BCUT2D eigenvalue weighted by Crippen LogP contribution is -2.44. The smallest absolute Gasteiger partial charge is 0.484 e. The topological polar surface area (TPSA) is 27.7 Å². The average molecular weight is 803 g/mol. The minimum atomic E-state index is -3.28. The van der Waals surface area contributed by atoms with Crippen LogP contribution in [0.15, 0.2) is 12.1 Å². The molecule has 0 N–H and O–H groups in total. The molecule has 0 radical (unpaired) electrons. The summed E-state index contributed by atoms with van der Waals surface area (Å²) in [7, 11) is -0.785. The summed E-state index contributed by atoms with van der Waals surface area (Å²) in [5, 5.41) is 0. The average Bonchev–Trinajstić information content (AvgIpc) is 3.13. The largest absolute Gasteiger partial charge is 0.864 e. The zero-order valence-corrected chi connectivity index (χ0v) is 31.0. The number of halogens is 12. The Kier molecular flexibility index (Phi) is 17.9. The Bertz CT molecular complexity index is 1660. The number of quaternary nitrogens is 1. The first-order valence-electron chi connectivity index (χ1n) is 18.4. The third kappa shape index (κ3) is 12.4. The van der Waals surface area contributed by atoms with E-state index in [1.54, 1.807) is 0 Å². The van der Waals surface area contributed by atoms with Gasteiger partial charge in [-0.2, -0.15) is 22.0 Å². The zero-order valence-electron chi connectivity index (χ0n) is 31.0. The molecular formula is C38H45BF12NO3+. The second kappa shape index (κ2) is 21.5. The molecule has 0 aliphatic rings. The molecule has 0 atom stereocenters. The Morgan fingerprint density at radius 1 is 0.400 bits per heavy atom. The van der Waals surface area contributed by atoms with Gasteiger partial charge in [0.1, 0.15) is 0 Å². The first-order chi connectivity index (χ1) is 26.0. The van der Waals surface area contributed by atoms with Crippen molar-refractivity contribution < 1.29 is 66.6 Å². The highest BCUT2D eigenvalue weighted by Gasteiger charge is 2.43. The lowest BCUT2D eigenvalue weighted by Gasteiger charge is -2.30. The first kappa shape index (κ1) is 45.6. The van der Waals surface area contributed by atoms with Gasteiger partial charge in [-0.05, 0) is 12.8 Å². The number of benzene rings is 3. The molecule has 0 aromatic heterocycles. The van der Waals surface area contributed by atoms with Crippen LogP contribution in [0.1, 0.15) is 110 Å². The van der Waals surface area contributed by atoms with Gasteiger partial charge in [0.2, 0.25) is 40.6 Å². The summed E-state index contributed by atoms with van der Waals surface area (Å²) in [6.45, 7) is 2.17. The van der Waals surface area contributed by atoms with Crippen molar-refractivity contribution in [1.29, 1.82) is 0 Å². The first-order valence-corrected chi connectivity index (χ1v) is 18.4. The number of hydrogen-bond donors (Lipinski definition) is 0. The summed E-state index contributed by atoms with van der Waals surface area (Å²) in [4.78, 5) is 0. The predicted octanol–water partition coefficient (Wildman–Crippen LogP) is 12.7. The fourth-order valence-corrected chi connectivity index (χ4v) is 6.08. The van der Waals surface area contributed by atoms with E-state index in [2.05, 4.69) is 16.2 Å². The Hall–Kier alpha value is -3.76. The number of hydrogen-bond acceptors (Lipinski definition) is 3. The Balaban J connectivity index is 1.71. The van der Waals surface area contributed by atoms with Crippen LogP contribution in [-0.2, 0) is 0 Å². The van der Waals surface area contributed by atoms with Gasteiger partial charge in [-0.15, -0.1) is 0 Å². The highest BCUT2D eigenvalue weighted by Crippen LogP contribution is 2.39. The summed E-state index contributed by atoms with van der Waals surface area (Å²) in [5.74, 6) is -32.4. The van der Waals surface area contributed by atoms with E-state index in [4.69, 9.17) is 4.65 Å². The SMILES string of the molecule is CCCCCCCCCCCCCCCCCC[N+](C)(C)c1c(F)c(F)c(F)c(OB(Oc2c(F)cc(F)c(F)c2F)Oc2c(F)cc(F)c(F)c2F)c1F. The van der Waals surface area contributed by atoms with Crippen molar-refractivity contribution >= 4 is 13.0 Å². The van der Waals surface area contributed by atoms with Gasteiger partial charge in [0, 0.05) is 12.1 Å². The molecule has 0 bridgehead atoms. The van der Waals surface area contributed by atoms with E-state index in [1.165, 1.54) is 71.9 Å². The van der Waals surface area contributed by atoms with Gasteiger partial charge in [-0.1, -0.05) is 96.8 Å². The van der Waals surface area contributed by atoms with E-state index < -0.39 is 105 Å². The molecule has 55 heavy (non-hydrogen) atoms. The van der Waals surface area contributed by atoms with Crippen molar-refractivity contribution in [1.82, 2.24) is 4.48 Å². The van der Waals surface area contributed by atoms with Crippen LogP contribution < -0.4 is 18.4 Å². The van der Waals surface area contributed by atoms with Crippen molar-refractivity contribution in [2.45, 2.75) is 110 Å². The molecule has 3 rings (SSSR count). The normalized spacial score (nSPS) is 11.7. The molecule has 0 spiro atoms. The molecule has 0 aliphatic carbocycles. The van der Waals surface area contributed by atoms with Gasteiger partial charge in [-0.3, -0.25) is 4.48 Å². The van der Waals surface area contributed by atoms with E-state index in [0.29, 0.717) is 12.8 Å². The molecule has 306 valence electrons. The predicted molar refractivity (Wildman–Crippen MR) is 185 cm³/mol. The van der Waals surface area contributed by atoms with Crippen LogP contribution in [0.5, 0.6) is 17.2 Å². The number of rotatable bonds is 24. The van der Waals surface area contributed by atoms with Gasteiger partial charge >= 0.3 is 7.32 Å². The third-order valence-corrected chi connectivity index (χ3v) is 9.16. The number of unbranched alkanes of at least 4 members (excludes halogenated alkanes) is 15. The van der Waals surface area contributed by atoms with Gasteiger partial charge < -0.3 is 14.0 Å². The summed E-state index contributed by atoms with van der Waals surface area (Å²) in [6, 6.07) is -0.530. The Morgan fingerprint density at radius 2 is 0.745 bits per heavy atom. The fraction of sp³-hybridized carbons (Fsp3) is 0.526. The van der Waals surface area contributed by atoms with Gasteiger partial charge in [0.15, 0.2) is 52.2 Å². The van der Waals surface area contributed by atoms with E-state index in [0.717, 1.165) is 32.1 Å². The van der Waals surface area contributed by atoms with Crippen molar-refractivity contribution in [2.24, 2.45) is 0 Å². The van der Waals surface area contributed by atoms with Crippen molar-refractivity contribution in [3.63, 3.8) is 0 Å². The van der Waals surface area contributed by atoms with Crippen LogP contribution in [-0.4, -0.2) is 28.0 Å². The molecule has 17 heteroatoms. The molecule has 0 saturated carbocycles. The van der Waals surface area contributed by atoms with E-state index in [1.807, 2.05) is 0 Å². The highest BCUT2D eigenvalue weighted by atomic mass is 19.2. The molecule has 4 nitrogen and oxygen atoms in total. The molecule has 3 aromatic rings. The van der Waals surface area contributed by atoms with Crippen molar-refractivity contribution in [2.75, 3.05) is 20.6 Å². The quantitative estimate of drug-likeness (QED) is 0.0225. The standard InChI is InChI=1S/C38H45BF12NO3/c1-4-5-6-7-8-9-10-11-12-13-14-15-16-17-18-19-20-52(2,3)35-30(47)29(46)33(50)38(34(35)51)55-39(53-36-25(42)21-23(40)27(44)31(36)48)54-37-26(43)22-24(41)28(45)32(37)49/h21-22H,4-20H2,1-3H3/q+1. The molecule has 0 unspecified atom stereocenters. The molecule has 3 aromatic carbocycles. The van der Waals surface area contributed by atoms with Crippen molar-refractivity contribution in [3.05, 3.63) is 81.9 Å². The Labute approximate surface area is 313 Å². The summed E-state index contributed by atoms with van der Waals surface area (Å²) in [5.41, 5.74) is -1.12. The molecule has 0 heterocycles. The van der Waals surface area contributed by atoms with Crippen LogP contribution in [0.2, 0.25) is 0 Å². The maximum atomic E-state index is 16.0. The summed E-state index contributed by atoms with van der Waals surface area (Å²) in [6.07, 6.45) is 17.2. The minimum absolute atomic E-state index is 0.0240. The van der Waals surface area contributed by atoms with Crippen LogP contribution in [0.4, 0.5) is 58.4 Å². The third-order valence-electron chi connectivity index (χ3n) is 9.16. The summed E-state index contributed by atoms with van der Waals surface area (Å²) >= 11 is 0. The lowest BCUT2D eigenvalue weighted by molar-refractivity contribution is 0.255. The van der Waals surface area contributed by atoms with E-state index in [9.17, 15) is 39.5 Å². The molecule has 0 aliphatic heterocycles. The van der Waals surface area contributed by atoms with Crippen LogP contribution in [0.3, 0.4) is 0 Å². The Morgan fingerprint density at radius 3 is 1.15 bits per heavy atom. The molecule has 0 fully saturated rings. The van der Waals surface area contributed by atoms with E-state index >= 15 is 13.2 Å². The van der Waals surface area contributed by atoms with Gasteiger partial charge in [-0.25, -0.2) is 30.7 Å². The highest BCUT2D eigenvalue weighted by molar-refractivity contribution is 6.39. The number of nitrogens with zero attached hydrogens (tertiary/aromatic N) is 1. The second-order valence-electron chi connectivity index (χ2n) is 13.9. The summed E-state index contributed by atoms with van der Waals surface area (Å²) < 4.78 is 187. The fourth-order valence-electron chi connectivity index (χ4n) is 6.08. The maximum Gasteiger partial charge on any atom is 0.864 e. The van der Waals surface area contributed by atoms with Crippen LogP contribution in [0, 0.1) is 69.8 Å².